The van der Waals surface area contributed by atoms with E-state index in [0.29, 0.717) is 22.8 Å². The Hall–Kier alpha value is -4.28. The summed E-state index contributed by atoms with van der Waals surface area (Å²) in [6.45, 7) is 1.59. The molecule has 10 heteroatoms. The summed E-state index contributed by atoms with van der Waals surface area (Å²) in [5.74, 6) is 4.55. The highest BCUT2D eigenvalue weighted by Crippen LogP contribution is 2.19. The van der Waals surface area contributed by atoms with Gasteiger partial charge in [0.25, 0.3) is 11.8 Å². The lowest BCUT2D eigenvalue weighted by molar-refractivity contribution is -0.122. The van der Waals surface area contributed by atoms with Gasteiger partial charge in [0.2, 0.25) is 0 Å². The lowest BCUT2D eigenvalue weighted by Crippen LogP contribution is -2.32. The minimum absolute atomic E-state index is 0.0478. The number of hydrazine groups is 1. The lowest BCUT2D eigenvalue weighted by atomic mass is 10.1. The molecule has 1 unspecified atom stereocenters. The molecular weight excluding hydrogens is 454 g/mol. The van der Waals surface area contributed by atoms with Gasteiger partial charge in [-0.3, -0.25) is 19.8 Å². The van der Waals surface area contributed by atoms with E-state index in [2.05, 4.69) is 16.0 Å². The number of thiocarbonyl (C=S) groups is 1. The van der Waals surface area contributed by atoms with Crippen molar-refractivity contribution in [3.05, 3.63) is 83.9 Å². The van der Waals surface area contributed by atoms with Crippen molar-refractivity contribution in [2.24, 2.45) is 5.84 Å². The second-order valence-corrected chi connectivity index (χ2v) is 7.52. The van der Waals surface area contributed by atoms with Crippen LogP contribution in [0.1, 0.15) is 27.6 Å². The molecule has 6 N–H and O–H groups in total. The molecule has 0 bridgehead atoms. The summed E-state index contributed by atoms with van der Waals surface area (Å²) in [5, 5.41) is 9.25. The first-order chi connectivity index (χ1) is 16.4. The Morgan fingerprint density at radius 2 is 1.53 bits per heavy atom. The number of benzene rings is 3. The Morgan fingerprint density at radius 3 is 2.15 bits per heavy atom. The van der Waals surface area contributed by atoms with E-state index in [4.69, 9.17) is 22.8 Å². The Labute approximate surface area is 201 Å². The number of anilines is 3. The van der Waals surface area contributed by atoms with E-state index in [-0.39, 0.29) is 11.1 Å². The molecule has 0 aliphatic heterocycles. The number of hydrogen-bond donors (Lipinski definition) is 5. The average molecular weight is 478 g/mol. The highest BCUT2D eigenvalue weighted by molar-refractivity contribution is 7.80. The summed E-state index contributed by atoms with van der Waals surface area (Å²) >= 11 is 5.31. The number of amides is 2. The number of rotatable bonds is 8. The fourth-order valence-electron chi connectivity index (χ4n) is 2.94. The quantitative estimate of drug-likeness (QED) is 0.110. The van der Waals surface area contributed by atoms with E-state index in [1.165, 1.54) is 18.2 Å². The van der Waals surface area contributed by atoms with Gasteiger partial charge in [-0.25, -0.2) is 5.84 Å². The molecule has 0 radical (unpaired) electrons. The number of aldehydes is 1. The van der Waals surface area contributed by atoms with Gasteiger partial charge in [0.15, 0.2) is 17.5 Å². The number of hydrogen-bond acceptors (Lipinski definition) is 6. The van der Waals surface area contributed by atoms with Gasteiger partial charge < -0.3 is 20.7 Å². The molecule has 3 aromatic carbocycles. The zero-order chi connectivity index (χ0) is 24.5. The SMILES string of the molecule is CC(Oc1ccc(NC(=S)Nc2ccccc2)cc1)C(=O)Nc1ccc(C=O)c(C(=O)NN)c1. The van der Waals surface area contributed by atoms with Gasteiger partial charge in [-0.15, -0.1) is 0 Å². The molecule has 0 spiro atoms. The first-order valence-corrected chi connectivity index (χ1v) is 10.6. The van der Waals surface area contributed by atoms with Gasteiger partial charge in [-0.1, -0.05) is 18.2 Å². The maximum Gasteiger partial charge on any atom is 0.265 e. The number of carbonyl (C=O) groups excluding carboxylic acids is 3. The van der Waals surface area contributed by atoms with E-state index in [1.807, 2.05) is 35.8 Å². The van der Waals surface area contributed by atoms with Crippen LogP contribution in [-0.2, 0) is 4.79 Å². The molecule has 0 aliphatic carbocycles. The van der Waals surface area contributed by atoms with Crippen molar-refractivity contribution in [1.82, 2.24) is 5.43 Å². The van der Waals surface area contributed by atoms with E-state index in [9.17, 15) is 14.4 Å². The van der Waals surface area contributed by atoms with Crippen molar-refractivity contribution in [2.45, 2.75) is 13.0 Å². The summed E-state index contributed by atoms with van der Waals surface area (Å²) in [5.41, 5.74) is 4.11. The molecule has 0 aromatic heterocycles. The third-order valence-electron chi connectivity index (χ3n) is 4.65. The summed E-state index contributed by atoms with van der Waals surface area (Å²) < 4.78 is 5.70. The molecule has 2 amide bonds. The number of nitrogen functional groups attached to an aromatic ring is 1. The van der Waals surface area contributed by atoms with Crippen molar-refractivity contribution in [3.63, 3.8) is 0 Å². The number of para-hydroxylation sites is 1. The molecule has 0 fully saturated rings. The highest BCUT2D eigenvalue weighted by Gasteiger charge is 2.17. The first-order valence-electron chi connectivity index (χ1n) is 10.2. The van der Waals surface area contributed by atoms with Gasteiger partial charge >= 0.3 is 0 Å². The average Bonchev–Trinajstić information content (AvgIpc) is 2.85. The van der Waals surface area contributed by atoms with E-state index >= 15 is 0 Å². The van der Waals surface area contributed by atoms with E-state index in [0.717, 1.165) is 11.4 Å². The van der Waals surface area contributed by atoms with Gasteiger partial charge in [0.05, 0.1) is 5.56 Å². The standard InChI is InChI=1S/C24H23N5O4S/c1-15(22(31)26-19-8-7-16(14-30)21(13-19)23(32)29-25)33-20-11-9-18(10-12-20)28-24(34)27-17-5-3-2-4-6-17/h2-15H,25H2,1H3,(H,26,31)(H,29,32)(H2,27,28,34). The summed E-state index contributed by atoms with van der Waals surface area (Å²) in [6, 6.07) is 20.8. The van der Waals surface area contributed by atoms with Crippen molar-refractivity contribution < 1.29 is 19.1 Å². The van der Waals surface area contributed by atoms with Crippen molar-refractivity contribution in [3.8, 4) is 5.75 Å². The number of nitrogens with one attached hydrogen (secondary N) is 4. The minimum atomic E-state index is -0.836. The number of ether oxygens (including phenoxy) is 1. The van der Waals surface area contributed by atoms with Crippen molar-refractivity contribution >= 4 is 52.5 Å². The van der Waals surface area contributed by atoms with Crippen LogP contribution in [0.15, 0.2) is 72.8 Å². The van der Waals surface area contributed by atoms with Crippen LogP contribution in [0.3, 0.4) is 0 Å². The lowest BCUT2D eigenvalue weighted by Gasteiger charge is -2.16. The van der Waals surface area contributed by atoms with Gasteiger partial charge in [0.1, 0.15) is 5.75 Å². The van der Waals surface area contributed by atoms with Crippen LogP contribution in [0.4, 0.5) is 17.1 Å². The number of nitrogens with two attached hydrogens (primary N) is 1. The van der Waals surface area contributed by atoms with Gasteiger partial charge in [0, 0.05) is 22.6 Å². The predicted molar refractivity (Wildman–Crippen MR) is 135 cm³/mol. The molecule has 34 heavy (non-hydrogen) atoms. The fourth-order valence-corrected chi connectivity index (χ4v) is 3.18. The van der Waals surface area contributed by atoms with Crippen LogP contribution in [0.5, 0.6) is 5.75 Å². The maximum absolute atomic E-state index is 12.5. The largest absolute Gasteiger partial charge is 0.481 e. The molecule has 3 aromatic rings. The predicted octanol–water partition coefficient (Wildman–Crippen LogP) is 3.32. The Bertz CT molecular complexity index is 1190. The number of carbonyl (C=O) groups is 3. The van der Waals surface area contributed by atoms with Crippen LogP contribution in [0.25, 0.3) is 0 Å². The third kappa shape index (κ3) is 6.61. The van der Waals surface area contributed by atoms with Crippen LogP contribution < -0.4 is 32.0 Å². The molecule has 0 saturated heterocycles. The summed E-state index contributed by atoms with van der Waals surface area (Å²) in [6.07, 6.45) is -0.303. The molecule has 1 atom stereocenters. The zero-order valence-corrected chi connectivity index (χ0v) is 19.0. The molecule has 0 heterocycles. The molecule has 9 nitrogen and oxygen atoms in total. The second-order valence-electron chi connectivity index (χ2n) is 7.11. The summed E-state index contributed by atoms with van der Waals surface area (Å²) in [7, 11) is 0. The van der Waals surface area contributed by atoms with Crippen molar-refractivity contribution in [2.75, 3.05) is 16.0 Å². The topological polar surface area (TPSA) is 135 Å². The van der Waals surface area contributed by atoms with Crippen LogP contribution in [0.2, 0.25) is 0 Å². The molecular formula is C24H23N5O4S. The van der Waals surface area contributed by atoms with Crippen LogP contribution >= 0.6 is 12.2 Å². The minimum Gasteiger partial charge on any atom is -0.481 e. The Balaban J connectivity index is 1.56. The molecule has 0 saturated carbocycles. The zero-order valence-electron chi connectivity index (χ0n) is 18.2. The van der Waals surface area contributed by atoms with Crippen LogP contribution in [-0.4, -0.2) is 29.3 Å². The van der Waals surface area contributed by atoms with E-state index in [1.54, 1.807) is 31.2 Å². The highest BCUT2D eigenvalue weighted by atomic mass is 32.1. The fraction of sp³-hybridized carbons (Fsp3) is 0.0833. The van der Waals surface area contributed by atoms with E-state index < -0.39 is 17.9 Å². The molecule has 3 rings (SSSR count). The maximum atomic E-state index is 12.5. The van der Waals surface area contributed by atoms with Gasteiger partial charge in [-0.2, -0.15) is 0 Å². The second kappa shape index (κ2) is 11.5. The first kappa shape index (κ1) is 24.4. The smallest absolute Gasteiger partial charge is 0.265 e. The Kier molecular flexibility index (Phi) is 8.27. The third-order valence-corrected chi connectivity index (χ3v) is 4.85. The molecule has 0 aliphatic rings. The Morgan fingerprint density at radius 1 is 0.912 bits per heavy atom. The van der Waals surface area contributed by atoms with Crippen molar-refractivity contribution in [1.29, 1.82) is 0 Å². The monoisotopic (exact) mass is 477 g/mol. The van der Waals surface area contributed by atoms with Gasteiger partial charge in [-0.05, 0) is 73.7 Å². The molecule has 174 valence electrons. The normalized spacial score (nSPS) is 11.0. The summed E-state index contributed by atoms with van der Waals surface area (Å²) in [4.78, 5) is 35.5. The van der Waals surface area contributed by atoms with Crippen LogP contribution in [0, 0.1) is 0 Å².